The van der Waals surface area contributed by atoms with Crippen molar-refractivity contribution in [1.29, 1.82) is 0 Å². The minimum Gasteiger partial charge on any atom is -0.385 e. The van der Waals surface area contributed by atoms with E-state index in [0.29, 0.717) is 5.69 Å². The van der Waals surface area contributed by atoms with Gasteiger partial charge in [0.05, 0.1) is 0 Å². The van der Waals surface area contributed by atoms with E-state index in [1.54, 1.807) is 12.3 Å². The number of aryl methyl sites for hydroxylation is 1. The van der Waals surface area contributed by atoms with Crippen molar-refractivity contribution >= 4 is 33.2 Å². The lowest BCUT2D eigenvalue weighted by molar-refractivity contribution is 0.102. The van der Waals surface area contributed by atoms with E-state index in [1.165, 1.54) is 0 Å². The average molecular weight is 362 g/mol. The van der Waals surface area contributed by atoms with Crippen LogP contribution in [0.25, 0.3) is 0 Å². The van der Waals surface area contributed by atoms with Gasteiger partial charge >= 0.3 is 0 Å². The number of aromatic nitrogens is 1. The van der Waals surface area contributed by atoms with Crippen molar-refractivity contribution in [2.24, 2.45) is 0 Å². The molecule has 116 valence electrons. The number of hydrogen-bond acceptors (Lipinski definition) is 3. The molecule has 0 spiro atoms. The second kappa shape index (κ2) is 7.94. The van der Waals surface area contributed by atoms with Gasteiger partial charge in [0.1, 0.15) is 5.69 Å². The number of nitrogens with zero attached hydrogens (tertiary/aromatic N) is 1. The van der Waals surface area contributed by atoms with E-state index in [9.17, 15) is 4.79 Å². The van der Waals surface area contributed by atoms with Crippen LogP contribution in [0.5, 0.6) is 0 Å². The highest BCUT2D eigenvalue weighted by molar-refractivity contribution is 9.10. The predicted octanol–water partition coefficient (Wildman–Crippen LogP) is 4.62. The van der Waals surface area contributed by atoms with E-state index in [4.69, 9.17) is 0 Å². The fourth-order valence-corrected chi connectivity index (χ4v) is 2.50. The number of carbonyl (C=O) groups is 1. The lowest BCUT2D eigenvalue weighted by Crippen LogP contribution is -2.15. The summed E-state index contributed by atoms with van der Waals surface area (Å²) in [6.07, 6.45) is 3.88. The Morgan fingerprint density at radius 3 is 2.82 bits per heavy atom. The lowest BCUT2D eigenvalue weighted by Gasteiger charge is -2.10. The number of anilines is 2. The molecule has 1 aromatic heterocycles. The fraction of sp³-hybridized carbons (Fsp3) is 0.294. The summed E-state index contributed by atoms with van der Waals surface area (Å²) in [5, 5.41) is 6.20. The van der Waals surface area contributed by atoms with Gasteiger partial charge in [-0.25, -0.2) is 0 Å². The molecule has 0 bridgehead atoms. The second-order valence-corrected chi connectivity index (χ2v) is 6.04. The molecular formula is C17H20BrN3O. The minimum absolute atomic E-state index is 0.204. The van der Waals surface area contributed by atoms with Crippen LogP contribution in [0.15, 0.2) is 41.0 Å². The smallest absolute Gasteiger partial charge is 0.274 e. The van der Waals surface area contributed by atoms with Gasteiger partial charge < -0.3 is 10.6 Å². The van der Waals surface area contributed by atoms with Crippen molar-refractivity contribution in [3.8, 4) is 0 Å². The molecule has 0 saturated carbocycles. The Labute approximate surface area is 139 Å². The zero-order valence-corrected chi connectivity index (χ0v) is 14.4. The van der Waals surface area contributed by atoms with Crippen LogP contribution in [0.3, 0.4) is 0 Å². The van der Waals surface area contributed by atoms with Crippen molar-refractivity contribution in [3.05, 3.63) is 52.3 Å². The summed E-state index contributed by atoms with van der Waals surface area (Å²) >= 11 is 3.41. The van der Waals surface area contributed by atoms with Crippen LogP contribution in [0.4, 0.5) is 11.4 Å². The zero-order chi connectivity index (χ0) is 15.9. The van der Waals surface area contributed by atoms with E-state index >= 15 is 0 Å². The average Bonchev–Trinajstić information content (AvgIpc) is 2.50. The molecule has 0 fully saturated rings. The van der Waals surface area contributed by atoms with Gasteiger partial charge in [-0.1, -0.05) is 29.3 Å². The van der Waals surface area contributed by atoms with Crippen LogP contribution in [-0.4, -0.2) is 17.4 Å². The van der Waals surface area contributed by atoms with Gasteiger partial charge in [-0.05, 0) is 49.2 Å². The summed E-state index contributed by atoms with van der Waals surface area (Å²) < 4.78 is 0.989. The van der Waals surface area contributed by atoms with Crippen LogP contribution >= 0.6 is 15.9 Å². The number of hydrogen-bond donors (Lipinski definition) is 2. The maximum atomic E-state index is 12.3. The van der Waals surface area contributed by atoms with Gasteiger partial charge in [0, 0.05) is 28.6 Å². The Morgan fingerprint density at radius 1 is 1.27 bits per heavy atom. The van der Waals surface area contributed by atoms with Crippen molar-refractivity contribution in [2.45, 2.75) is 26.7 Å². The van der Waals surface area contributed by atoms with Crippen molar-refractivity contribution in [1.82, 2.24) is 4.98 Å². The molecule has 5 heteroatoms. The van der Waals surface area contributed by atoms with Gasteiger partial charge in [0.15, 0.2) is 0 Å². The normalized spacial score (nSPS) is 10.3. The van der Waals surface area contributed by atoms with E-state index in [0.717, 1.165) is 40.8 Å². The number of halogens is 1. The molecule has 2 aromatic rings. The fourth-order valence-electron chi connectivity index (χ4n) is 2.03. The molecule has 1 heterocycles. The number of benzene rings is 1. The van der Waals surface area contributed by atoms with E-state index in [-0.39, 0.29) is 5.91 Å². The van der Waals surface area contributed by atoms with Crippen LogP contribution < -0.4 is 10.6 Å². The van der Waals surface area contributed by atoms with Gasteiger partial charge in [0.25, 0.3) is 5.91 Å². The summed E-state index contributed by atoms with van der Waals surface area (Å²) in [5.74, 6) is -0.204. The summed E-state index contributed by atoms with van der Waals surface area (Å²) in [7, 11) is 0. The van der Waals surface area contributed by atoms with Crippen molar-refractivity contribution in [2.75, 3.05) is 17.2 Å². The molecule has 1 amide bonds. The highest BCUT2D eigenvalue weighted by Crippen LogP contribution is 2.20. The number of nitrogens with one attached hydrogen (secondary N) is 2. The first kappa shape index (κ1) is 16.5. The molecule has 0 unspecified atom stereocenters. The highest BCUT2D eigenvalue weighted by Gasteiger charge is 2.10. The molecule has 0 aliphatic heterocycles. The molecule has 0 saturated heterocycles. The monoisotopic (exact) mass is 361 g/mol. The number of carbonyl (C=O) groups excluding carboxylic acids is 1. The maximum Gasteiger partial charge on any atom is 0.274 e. The number of pyridine rings is 1. The van der Waals surface area contributed by atoms with Gasteiger partial charge in [0.2, 0.25) is 0 Å². The van der Waals surface area contributed by atoms with Crippen LogP contribution in [0, 0.1) is 6.92 Å². The number of unbranched alkanes of at least 4 members (excludes halogenated alkanes) is 1. The Kier molecular flexibility index (Phi) is 5.95. The van der Waals surface area contributed by atoms with Crippen LogP contribution in [0.1, 0.15) is 35.8 Å². The predicted molar refractivity (Wildman–Crippen MR) is 94.5 cm³/mol. The summed E-state index contributed by atoms with van der Waals surface area (Å²) in [6, 6.07) is 9.39. The molecule has 0 radical (unpaired) electrons. The van der Waals surface area contributed by atoms with E-state index in [1.807, 2.05) is 31.2 Å². The molecule has 2 N–H and O–H groups in total. The highest BCUT2D eigenvalue weighted by atomic mass is 79.9. The van der Waals surface area contributed by atoms with Crippen molar-refractivity contribution in [3.63, 3.8) is 0 Å². The summed E-state index contributed by atoms with van der Waals surface area (Å²) in [5.41, 5.74) is 3.12. The summed E-state index contributed by atoms with van der Waals surface area (Å²) in [4.78, 5) is 16.5. The third kappa shape index (κ3) is 4.56. The molecule has 2 rings (SSSR count). The largest absolute Gasteiger partial charge is 0.385 e. The Balaban J connectivity index is 2.07. The quantitative estimate of drug-likeness (QED) is 0.738. The second-order valence-electron chi connectivity index (χ2n) is 5.12. The number of rotatable bonds is 6. The third-order valence-electron chi connectivity index (χ3n) is 3.29. The zero-order valence-electron chi connectivity index (χ0n) is 12.8. The minimum atomic E-state index is -0.204. The van der Waals surface area contributed by atoms with Gasteiger partial charge in [-0.15, -0.1) is 0 Å². The van der Waals surface area contributed by atoms with Gasteiger partial charge in [-0.3, -0.25) is 9.78 Å². The molecule has 22 heavy (non-hydrogen) atoms. The van der Waals surface area contributed by atoms with Crippen LogP contribution in [-0.2, 0) is 0 Å². The summed E-state index contributed by atoms with van der Waals surface area (Å²) in [6.45, 7) is 5.00. The van der Waals surface area contributed by atoms with E-state index < -0.39 is 0 Å². The molecule has 1 aromatic carbocycles. The van der Waals surface area contributed by atoms with Crippen LogP contribution in [0.2, 0.25) is 0 Å². The molecule has 0 atom stereocenters. The Hall–Kier alpha value is -1.88. The van der Waals surface area contributed by atoms with Gasteiger partial charge in [-0.2, -0.15) is 0 Å². The first-order valence-electron chi connectivity index (χ1n) is 7.37. The van der Waals surface area contributed by atoms with Crippen molar-refractivity contribution < 1.29 is 4.79 Å². The first-order valence-corrected chi connectivity index (χ1v) is 8.17. The SMILES string of the molecule is CCCCNc1ccnc(C(=O)Nc2ccc(Br)cc2C)c1. The third-order valence-corrected chi connectivity index (χ3v) is 3.78. The topological polar surface area (TPSA) is 54.0 Å². The first-order chi connectivity index (χ1) is 10.6. The Morgan fingerprint density at radius 2 is 2.09 bits per heavy atom. The van der Waals surface area contributed by atoms with E-state index in [2.05, 4.69) is 38.5 Å². The molecule has 4 nitrogen and oxygen atoms in total. The Bertz CT molecular complexity index is 658. The molecule has 0 aliphatic rings. The molecule has 0 aliphatic carbocycles. The standard InChI is InChI=1S/C17H20BrN3O/c1-3-4-8-19-14-7-9-20-16(11-14)17(22)21-15-6-5-13(18)10-12(15)2/h5-7,9-11H,3-4,8H2,1-2H3,(H,19,20)(H,21,22). The maximum absolute atomic E-state index is 12.3. The molecular weight excluding hydrogens is 342 g/mol. The number of amides is 1. The lowest BCUT2D eigenvalue weighted by atomic mass is 10.2.